The standard InChI is InChI=1S/C43H58O5/c1-12-40(8)27-36(45)28-41(9,47-11)38(40)25-17-23-33(4)21-15-20-31(2)18-13-14-19-32(3)22-16-24-34(5)37(46)30-43-39(6,7)26-35(44)29-42(43,10)48-43/h1,13-22,24,35-36,44-45H,23,26-30H2,2-11H3. The van der Waals surface area contributed by atoms with Crippen molar-refractivity contribution in [3.05, 3.63) is 100 Å². The Morgan fingerprint density at radius 1 is 0.875 bits per heavy atom. The van der Waals surface area contributed by atoms with Gasteiger partial charge >= 0.3 is 0 Å². The van der Waals surface area contributed by atoms with Crippen LogP contribution >= 0.6 is 0 Å². The van der Waals surface area contributed by atoms with E-state index in [0.717, 1.165) is 23.1 Å². The first-order valence-corrected chi connectivity index (χ1v) is 17.1. The molecule has 0 radical (unpaired) electrons. The minimum absolute atomic E-state index is 0.0880. The Hall–Kier alpha value is -3.23. The first-order valence-electron chi connectivity index (χ1n) is 17.1. The van der Waals surface area contributed by atoms with Crippen molar-refractivity contribution in [2.45, 2.75) is 130 Å². The average molecular weight is 655 g/mol. The van der Waals surface area contributed by atoms with E-state index in [1.54, 1.807) is 7.11 Å². The Labute approximate surface area is 290 Å². The van der Waals surface area contributed by atoms with Crippen LogP contribution in [0, 0.1) is 23.2 Å². The number of fused-ring (bicyclic) bond motifs is 1. The van der Waals surface area contributed by atoms with Gasteiger partial charge in [-0.3, -0.25) is 4.79 Å². The van der Waals surface area contributed by atoms with Gasteiger partial charge in [0.1, 0.15) is 5.60 Å². The SMILES string of the molecule is C#CC1(C)CC(O)CC(C)(OC)C1=C=CCC(C)=CC=CC(C)=CC=CC=C(C)C=CC=C(C)C(=O)CC12OC1(C)CC(O)CC2(C)C. The molecule has 6 atom stereocenters. The van der Waals surface area contributed by atoms with E-state index in [9.17, 15) is 15.0 Å². The summed E-state index contributed by atoms with van der Waals surface area (Å²) in [6, 6.07) is 0. The fourth-order valence-electron chi connectivity index (χ4n) is 7.64. The van der Waals surface area contributed by atoms with Crippen molar-refractivity contribution < 1.29 is 24.5 Å². The van der Waals surface area contributed by atoms with Crippen LogP contribution in [0.2, 0.25) is 0 Å². The molecule has 0 bridgehead atoms. The molecule has 2 aliphatic carbocycles. The van der Waals surface area contributed by atoms with Gasteiger partial charge in [0.15, 0.2) is 5.78 Å². The summed E-state index contributed by atoms with van der Waals surface area (Å²) in [7, 11) is 1.66. The Kier molecular flexibility index (Phi) is 12.7. The predicted molar refractivity (Wildman–Crippen MR) is 197 cm³/mol. The number of hydrogen-bond donors (Lipinski definition) is 2. The number of epoxide rings is 1. The highest BCUT2D eigenvalue weighted by atomic mass is 16.6. The minimum Gasteiger partial charge on any atom is -0.393 e. The molecule has 0 aromatic rings. The second-order valence-electron chi connectivity index (χ2n) is 15.4. The second kappa shape index (κ2) is 15.5. The summed E-state index contributed by atoms with van der Waals surface area (Å²) in [5, 5.41) is 20.6. The number of rotatable bonds is 12. The van der Waals surface area contributed by atoms with Crippen LogP contribution in [0.3, 0.4) is 0 Å². The number of carbonyl (C=O) groups excluding carboxylic acids is 1. The third kappa shape index (κ3) is 9.06. The number of methoxy groups -OCH3 is 1. The lowest BCUT2D eigenvalue weighted by molar-refractivity contribution is -0.118. The van der Waals surface area contributed by atoms with Crippen LogP contribution in [0.25, 0.3) is 0 Å². The van der Waals surface area contributed by atoms with E-state index in [2.05, 4.69) is 57.6 Å². The fourth-order valence-corrected chi connectivity index (χ4v) is 7.64. The van der Waals surface area contributed by atoms with Crippen LogP contribution in [0.15, 0.2) is 100 Å². The summed E-state index contributed by atoms with van der Waals surface area (Å²) in [5.74, 6) is 2.96. The highest BCUT2D eigenvalue weighted by molar-refractivity contribution is 5.96. The van der Waals surface area contributed by atoms with Crippen LogP contribution in [-0.2, 0) is 14.3 Å². The topological polar surface area (TPSA) is 79.3 Å². The van der Waals surface area contributed by atoms with Crippen molar-refractivity contribution in [3.8, 4) is 12.3 Å². The fraction of sp³-hybridized carbons (Fsp3) is 0.535. The number of hydrogen-bond acceptors (Lipinski definition) is 5. The van der Waals surface area contributed by atoms with Gasteiger partial charge in [-0.05, 0) is 84.8 Å². The largest absolute Gasteiger partial charge is 0.393 e. The Morgan fingerprint density at radius 3 is 2.02 bits per heavy atom. The highest BCUT2D eigenvalue weighted by Gasteiger charge is 2.76. The molecule has 0 aromatic heterocycles. The van der Waals surface area contributed by atoms with Crippen LogP contribution in [0.1, 0.15) is 101 Å². The molecule has 2 saturated carbocycles. The second-order valence-corrected chi connectivity index (χ2v) is 15.4. The molecule has 1 saturated heterocycles. The number of ketones is 1. The van der Waals surface area contributed by atoms with E-state index in [0.29, 0.717) is 37.7 Å². The van der Waals surface area contributed by atoms with Crippen molar-refractivity contribution in [2.24, 2.45) is 10.8 Å². The number of terminal acetylenes is 1. The van der Waals surface area contributed by atoms with E-state index < -0.39 is 28.3 Å². The van der Waals surface area contributed by atoms with Crippen molar-refractivity contribution in [1.82, 2.24) is 0 Å². The molecule has 260 valence electrons. The van der Waals surface area contributed by atoms with E-state index in [4.69, 9.17) is 15.9 Å². The number of carbonyl (C=O) groups is 1. The molecule has 6 unspecified atom stereocenters. The molecular weight excluding hydrogens is 596 g/mol. The van der Waals surface area contributed by atoms with Gasteiger partial charge < -0.3 is 19.7 Å². The number of allylic oxidation sites excluding steroid dienone is 14. The lowest BCUT2D eigenvalue weighted by Crippen LogP contribution is -2.48. The molecule has 0 spiro atoms. The highest BCUT2D eigenvalue weighted by Crippen LogP contribution is 2.67. The number of aliphatic hydroxyl groups is 2. The van der Waals surface area contributed by atoms with E-state index in [1.165, 1.54) is 5.57 Å². The van der Waals surface area contributed by atoms with Gasteiger partial charge in [-0.2, -0.15) is 0 Å². The summed E-state index contributed by atoms with van der Waals surface area (Å²) in [4.78, 5) is 13.1. The first-order chi connectivity index (χ1) is 22.4. The third-order valence-electron chi connectivity index (χ3n) is 10.6. The summed E-state index contributed by atoms with van der Waals surface area (Å²) in [6.45, 7) is 18.2. The van der Waals surface area contributed by atoms with Gasteiger partial charge in [0, 0.05) is 31.9 Å². The number of ether oxygens (including phenoxy) is 2. The van der Waals surface area contributed by atoms with Crippen molar-refractivity contribution in [1.29, 1.82) is 0 Å². The lowest BCUT2D eigenvalue weighted by Gasteiger charge is -2.45. The zero-order chi connectivity index (χ0) is 36.0. The normalized spacial score (nSPS) is 34.4. The van der Waals surface area contributed by atoms with E-state index >= 15 is 0 Å². The van der Waals surface area contributed by atoms with Gasteiger partial charge in [-0.15, -0.1) is 12.2 Å². The van der Waals surface area contributed by atoms with Gasteiger partial charge in [-0.25, -0.2) is 0 Å². The minimum atomic E-state index is -0.642. The Balaban J connectivity index is 1.52. The molecule has 5 heteroatoms. The zero-order valence-corrected chi connectivity index (χ0v) is 30.9. The Bertz CT molecular complexity index is 1550. The maximum atomic E-state index is 13.1. The Morgan fingerprint density at radius 2 is 1.46 bits per heavy atom. The predicted octanol–water partition coefficient (Wildman–Crippen LogP) is 8.78. The number of Topliss-reactive ketones (excluding diaryl/α,β-unsaturated/α-hetero) is 1. The molecule has 3 rings (SSSR count). The van der Waals surface area contributed by atoms with Gasteiger partial charge in [0.05, 0.1) is 28.8 Å². The monoisotopic (exact) mass is 654 g/mol. The van der Waals surface area contributed by atoms with Crippen LogP contribution in [0.5, 0.6) is 0 Å². The number of aliphatic hydroxyl groups excluding tert-OH is 2. The lowest BCUT2D eigenvalue weighted by atomic mass is 9.61. The molecule has 0 amide bonds. The quantitative estimate of drug-likeness (QED) is 0.0723. The van der Waals surface area contributed by atoms with Gasteiger partial charge in [0.25, 0.3) is 0 Å². The first kappa shape index (κ1) is 39.2. The molecule has 1 heterocycles. The molecule has 3 fully saturated rings. The maximum absolute atomic E-state index is 13.1. The molecule has 0 aromatic carbocycles. The van der Waals surface area contributed by atoms with E-state index in [1.807, 2.05) is 83.2 Å². The van der Waals surface area contributed by atoms with Gasteiger partial charge in [-0.1, -0.05) is 97.2 Å². The average Bonchev–Trinajstić information content (AvgIpc) is 3.60. The maximum Gasteiger partial charge on any atom is 0.161 e. The van der Waals surface area contributed by atoms with Crippen molar-refractivity contribution in [3.63, 3.8) is 0 Å². The summed E-state index contributed by atoms with van der Waals surface area (Å²) < 4.78 is 12.0. The van der Waals surface area contributed by atoms with Crippen LogP contribution < -0.4 is 0 Å². The molecular formula is C43H58O5. The van der Waals surface area contributed by atoms with Crippen LogP contribution in [0.4, 0.5) is 0 Å². The third-order valence-corrected chi connectivity index (χ3v) is 10.6. The summed E-state index contributed by atoms with van der Waals surface area (Å²) >= 11 is 0. The van der Waals surface area contributed by atoms with E-state index in [-0.39, 0.29) is 17.3 Å². The molecule has 2 N–H and O–H groups in total. The molecule has 3 aliphatic rings. The summed E-state index contributed by atoms with van der Waals surface area (Å²) in [6.07, 6.45) is 30.4. The van der Waals surface area contributed by atoms with Crippen molar-refractivity contribution in [2.75, 3.05) is 7.11 Å². The molecule has 5 nitrogen and oxygen atoms in total. The smallest absolute Gasteiger partial charge is 0.161 e. The molecule has 1 aliphatic heterocycles. The van der Waals surface area contributed by atoms with Gasteiger partial charge in [0.2, 0.25) is 0 Å². The van der Waals surface area contributed by atoms with Crippen molar-refractivity contribution >= 4 is 5.78 Å². The van der Waals surface area contributed by atoms with Crippen LogP contribution in [-0.4, -0.2) is 52.1 Å². The molecule has 48 heavy (non-hydrogen) atoms. The summed E-state index contributed by atoms with van der Waals surface area (Å²) in [5.41, 5.74) is 6.01. The zero-order valence-electron chi connectivity index (χ0n) is 30.9.